The minimum atomic E-state index is -4.40. The molecular formula is C19H26BrF3N2O2. The van der Waals surface area contributed by atoms with Gasteiger partial charge in [-0.15, -0.1) is 0 Å². The van der Waals surface area contributed by atoms with Gasteiger partial charge in [0.1, 0.15) is 11.9 Å². The lowest BCUT2D eigenvalue weighted by Crippen LogP contribution is -2.34. The zero-order valence-electron chi connectivity index (χ0n) is 15.7. The maximum atomic E-state index is 12.8. The SMILES string of the molecule is CCCC(=O)OC1CCC(CN(CC)c2ncc(C(F)(F)F)cc2Br)CC1. The van der Waals surface area contributed by atoms with E-state index in [1.54, 1.807) is 0 Å². The van der Waals surface area contributed by atoms with Gasteiger partial charge in [-0.3, -0.25) is 4.79 Å². The molecule has 8 heteroatoms. The number of alkyl halides is 3. The summed E-state index contributed by atoms with van der Waals surface area (Å²) in [4.78, 5) is 17.7. The molecule has 0 atom stereocenters. The van der Waals surface area contributed by atoms with Gasteiger partial charge < -0.3 is 9.64 Å². The van der Waals surface area contributed by atoms with Crippen molar-refractivity contribution in [3.8, 4) is 0 Å². The normalized spacial score (nSPS) is 20.4. The van der Waals surface area contributed by atoms with Crippen LogP contribution in [0.3, 0.4) is 0 Å². The maximum Gasteiger partial charge on any atom is 0.417 e. The first-order valence-electron chi connectivity index (χ1n) is 9.41. The van der Waals surface area contributed by atoms with Crippen molar-refractivity contribution in [2.24, 2.45) is 5.92 Å². The highest BCUT2D eigenvalue weighted by molar-refractivity contribution is 9.10. The van der Waals surface area contributed by atoms with Crippen LogP contribution in [0.4, 0.5) is 19.0 Å². The molecule has 0 bridgehead atoms. The average molecular weight is 451 g/mol. The Labute approximate surface area is 166 Å². The van der Waals surface area contributed by atoms with Gasteiger partial charge in [-0.1, -0.05) is 6.92 Å². The summed E-state index contributed by atoms with van der Waals surface area (Å²) in [6, 6.07) is 1.08. The van der Waals surface area contributed by atoms with Gasteiger partial charge in [0.25, 0.3) is 0 Å². The van der Waals surface area contributed by atoms with Gasteiger partial charge in [0, 0.05) is 25.7 Å². The van der Waals surface area contributed by atoms with Crippen LogP contribution in [0.15, 0.2) is 16.7 Å². The number of aromatic nitrogens is 1. The fourth-order valence-electron chi connectivity index (χ4n) is 3.38. The van der Waals surface area contributed by atoms with Gasteiger partial charge >= 0.3 is 12.1 Å². The lowest BCUT2D eigenvalue weighted by Gasteiger charge is -2.33. The number of halogens is 4. The van der Waals surface area contributed by atoms with Gasteiger partial charge in [-0.05, 0) is 66.9 Å². The van der Waals surface area contributed by atoms with Crippen molar-refractivity contribution < 1.29 is 22.7 Å². The molecule has 0 saturated heterocycles. The largest absolute Gasteiger partial charge is 0.462 e. The van der Waals surface area contributed by atoms with E-state index in [1.165, 1.54) is 0 Å². The summed E-state index contributed by atoms with van der Waals surface area (Å²) in [5, 5.41) is 0. The van der Waals surface area contributed by atoms with Crippen LogP contribution in [0.1, 0.15) is 57.9 Å². The van der Waals surface area contributed by atoms with Crippen molar-refractivity contribution in [1.82, 2.24) is 4.98 Å². The quantitative estimate of drug-likeness (QED) is 0.507. The summed E-state index contributed by atoms with van der Waals surface area (Å²) in [5.74, 6) is 0.804. The number of pyridine rings is 1. The van der Waals surface area contributed by atoms with E-state index in [1.807, 2.05) is 18.7 Å². The van der Waals surface area contributed by atoms with Crippen LogP contribution in [-0.2, 0) is 15.7 Å². The molecule has 1 aromatic rings. The van der Waals surface area contributed by atoms with Crippen molar-refractivity contribution in [2.75, 3.05) is 18.0 Å². The Morgan fingerprint density at radius 3 is 2.48 bits per heavy atom. The van der Waals surface area contributed by atoms with Gasteiger partial charge in [-0.25, -0.2) is 4.98 Å². The Morgan fingerprint density at radius 2 is 1.96 bits per heavy atom. The zero-order chi connectivity index (χ0) is 20.0. The number of ether oxygens (including phenoxy) is 1. The van der Waals surface area contributed by atoms with Gasteiger partial charge in [0.05, 0.1) is 10.0 Å². The van der Waals surface area contributed by atoms with Crippen LogP contribution in [0.2, 0.25) is 0 Å². The topological polar surface area (TPSA) is 42.4 Å². The number of carbonyl (C=O) groups is 1. The third-order valence-corrected chi connectivity index (χ3v) is 5.44. The van der Waals surface area contributed by atoms with E-state index in [9.17, 15) is 18.0 Å². The third-order valence-electron chi connectivity index (χ3n) is 4.85. The molecule has 152 valence electrons. The van der Waals surface area contributed by atoms with E-state index in [-0.39, 0.29) is 12.1 Å². The average Bonchev–Trinajstić information content (AvgIpc) is 2.61. The first-order valence-corrected chi connectivity index (χ1v) is 10.2. The second-order valence-corrected chi connectivity index (χ2v) is 7.80. The molecule has 27 heavy (non-hydrogen) atoms. The lowest BCUT2D eigenvalue weighted by atomic mass is 9.87. The Hall–Kier alpha value is -1.31. The summed E-state index contributed by atoms with van der Waals surface area (Å²) in [7, 11) is 0. The molecule has 0 aliphatic heterocycles. The molecule has 1 heterocycles. The molecule has 0 aromatic carbocycles. The Morgan fingerprint density at radius 1 is 1.30 bits per heavy atom. The molecular weight excluding hydrogens is 425 g/mol. The number of carbonyl (C=O) groups excluding carboxylic acids is 1. The van der Waals surface area contributed by atoms with Crippen LogP contribution in [0.5, 0.6) is 0 Å². The maximum absolute atomic E-state index is 12.8. The van der Waals surface area contributed by atoms with Crippen molar-refractivity contribution in [2.45, 2.75) is 64.7 Å². The highest BCUT2D eigenvalue weighted by Crippen LogP contribution is 2.35. The molecule has 2 rings (SSSR count). The van der Waals surface area contributed by atoms with Crippen LogP contribution >= 0.6 is 15.9 Å². The van der Waals surface area contributed by atoms with E-state index in [4.69, 9.17) is 4.74 Å². The molecule has 0 N–H and O–H groups in total. The standard InChI is InChI=1S/C19H26BrF3N2O2/c1-3-5-17(26)27-15-8-6-13(7-9-15)12-25(4-2)18-16(20)10-14(11-24-18)19(21,22)23/h10-11,13,15H,3-9,12H2,1-2H3. The summed E-state index contributed by atoms with van der Waals surface area (Å²) >= 11 is 3.24. The van der Waals surface area contributed by atoms with Crippen molar-refractivity contribution in [1.29, 1.82) is 0 Å². The molecule has 0 amide bonds. The Bertz CT molecular complexity index is 632. The molecule has 1 aliphatic rings. The predicted octanol–water partition coefficient (Wildman–Crippen LogP) is 5.59. The van der Waals surface area contributed by atoms with Crippen LogP contribution < -0.4 is 4.90 Å². The smallest absolute Gasteiger partial charge is 0.417 e. The fraction of sp³-hybridized carbons (Fsp3) is 0.684. The monoisotopic (exact) mass is 450 g/mol. The second-order valence-electron chi connectivity index (χ2n) is 6.95. The van der Waals surface area contributed by atoms with E-state index in [2.05, 4.69) is 20.9 Å². The molecule has 1 fully saturated rings. The minimum absolute atomic E-state index is 0.00805. The van der Waals surface area contributed by atoms with Crippen LogP contribution in [-0.4, -0.2) is 30.1 Å². The van der Waals surface area contributed by atoms with Gasteiger partial charge in [0.2, 0.25) is 0 Å². The van der Waals surface area contributed by atoms with Crippen molar-refractivity contribution in [3.05, 3.63) is 22.3 Å². The van der Waals surface area contributed by atoms with Crippen molar-refractivity contribution in [3.63, 3.8) is 0 Å². The summed E-state index contributed by atoms with van der Waals surface area (Å²) in [6.07, 6.45) is 1.24. The second kappa shape index (κ2) is 9.75. The fourth-order valence-corrected chi connectivity index (χ4v) is 3.98. The first-order chi connectivity index (χ1) is 12.7. The molecule has 1 aromatic heterocycles. The highest BCUT2D eigenvalue weighted by atomic mass is 79.9. The van der Waals surface area contributed by atoms with E-state index in [0.29, 0.717) is 29.2 Å². The minimum Gasteiger partial charge on any atom is -0.462 e. The molecule has 1 saturated carbocycles. The van der Waals surface area contributed by atoms with Gasteiger partial charge in [0.15, 0.2) is 0 Å². The third kappa shape index (κ3) is 6.36. The van der Waals surface area contributed by atoms with Crippen LogP contribution in [0.25, 0.3) is 0 Å². The van der Waals surface area contributed by atoms with Gasteiger partial charge in [-0.2, -0.15) is 13.2 Å². The summed E-state index contributed by atoms with van der Waals surface area (Å²) < 4.78 is 44.3. The van der Waals surface area contributed by atoms with E-state index in [0.717, 1.165) is 50.9 Å². The van der Waals surface area contributed by atoms with E-state index < -0.39 is 11.7 Å². The number of hydrogen-bond acceptors (Lipinski definition) is 4. The predicted molar refractivity (Wildman–Crippen MR) is 102 cm³/mol. The Kier molecular flexibility index (Phi) is 7.94. The molecule has 4 nitrogen and oxygen atoms in total. The zero-order valence-corrected chi connectivity index (χ0v) is 17.3. The first kappa shape index (κ1) is 22.0. The lowest BCUT2D eigenvalue weighted by molar-refractivity contribution is -0.151. The number of esters is 1. The Balaban J connectivity index is 1.93. The summed E-state index contributed by atoms with van der Waals surface area (Å²) in [5.41, 5.74) is -0.761. The number of hydrogen-bond donors (Lipinski definition) is 0. The number of rotatable bonds is 7. The van der Waals surface area contributed by atoms with Crippen molar-refractivity contribution >= 4 is 27.7 Å². The van der Waals surface area contributed by atoms with Crippen LogP contribution in [0, 0.1) is 5.92 Å². The summed E-state index contributed by atoms with van der Waals surface area (Å²) in [6.45, 7) is 5.29. The highest BCUT2D eigenvalue weighted by Gasteiger charge is 2.32. The number of nitrogens with zero attached hydrogens (tertiary/aromatic N) is 2. The molecule has 1 aliphatic carbocycles. The molecule has 0 unspecified atom stereocenters. The number of anilines is 1. The van der Waals surface area contributed by atoms with E-state index >= 15 is 0 Å². The molecule has 0 spiro atoms. The molecule has 0 radical (unpaired) electrons.